The molecule has 0 bridgehead atoms. The van der Waals surface area contributed by atoms with Gasteiger partial charge in [0.05, 0.1) is 5.56 Å². The summed E-state index contributed by atoms with van der Waals surface area (Å²) in [4.78, 5) is 22.4. The summed E-state index contributed by atoms with van der Waals surface area (Å²) in [6.45, 7) is 2.73. The van der Waals surface area contributed by atoms with E-state index >= 15 is 0 Å². The van der Waals surface area contributed by atoms with Gasteiger partial charge in [-0.2, -0.15) is 8.78 Å². The Labute approximate surface area is 128 Å². The molecule has 0 spiro atoms. The van der Waals surface area contributed by atoms with Crippen molar-refractivity contribution < 1.29 is 28.2 Å². The van der Waals surface area contributed by atoms with Crippen LogP contribution >= 0.6 is 22.6 Å². The zero-order valence-electron chi connectivity index (χ0n) is 10.8. The van der Waals surface area contributed by atoms with Gasteiger partial charge in [-0.05, 0) is 52.8 Å². The van der Waals surface area contributed by atoms with Crippen molar-refractivity contribution in [2.24, 2.45) is 5.92 Å². The average molecular weight is 398 g/mol. The first-order valence-electron chi connectivity index (χ1n) is 5.74. The maximum atomic E-state index is 13.5. The first kappa shape index (κ1) is 16.8. The summed E-state index contributed by atoms with van der Waals surface area (Å²) >= 11 is 2.03. The third-order valence-electron chi connectivity index (χ3n) is 2.56. The molecule has 1 N–H and O–H groups in total. The molecule has 0 fully saturated rings. The van der Waals surface area contributed by atoms with Crippen molar-refractivity contribution in [2.45, 2.75) is 25.9 Å². The average Bonchev–Trinajstić information content (AvgIpc) is 2.35. The van der Waals surface area contributed by atoms with Crippen LogP contribution in [-0.4, -0.2) is 29.1 Å². The van der Waals surface area contributed by atoms with E-state index in [0.717, 1.165) is 3.57 Å². The molecular weight excluding hydrogens is 385 g/mol. The van der Waals surface area contributed by atoms with Gasteiger partial charge < -0.3 is 9.84 Å². The molecule has 1 rings (SSSR count). The van der Waals surface area contributed by atoms with Gasteiger partial charge in [0, 0.05) is 3.57 Å². The Hall–Kier alpha value is -1.25. The first-order valence-corrected chi connectivity index (χ1v) is 6.82. The largest absolute Gasteiger partial charge is 0.477 e. The van der Waals surface area contributed by atoms with Crippen LogP contribution in [0.3, 0.4) is 0 Å². The van der Waals surface area contributed by atoms with E-state index in [1.54, 1.807) is 12.1 Å². The number of ether oxygens (including phenoxy) is 1. The van der Waals surface area contributed by atoms with Gasteiger partial charge in [-0.15, -0.1) is 0 Å². The zero-order valence-corrected chi connectivity index (χ0v) is 12.9. The predicted molar refractivity (Wildman–Crippen MR) is 75.8 cm³/mol. The number of halogens is 3. The number of benzene rings is 1. The second-order valence-electron chi connectivity index (χ2n) is 4.50. The third-order valence-corrected chi connectivity index (χ3v) is 3.28. The Balaban J connectivity index is 2.94. The Morgan fingerprint density at radius 1 is 1.25 bits per heavy atom. The highest BCUT2D eigenvalue weighted by molar-refractivity contribution is 14.1. The second-order valence-corrected chi connectivity index (χ2v) is 5.75. The van der Waals surface area contributed by atoms with E-state index in [1.807, 2.05) is 22.6 Å². The number of alkyl halides is 2. The van der Waals surface area contributed by atoms with E-state index in [2.05, 4.69) is 0 Å². The van der Waals surface area contributed by atoms with Crippen LogP contribution in [0.2, 0.25) is 0 Å². The van der Waals surface area contributed by atoms with Crippen LogP contribution in [0.25, 0.3) is 0 Å². The normalized spacial score (nSPS) is 13.1. The van der Waals surface area contributed by atoms with Gasteiger partial charge >= 0.3 is 17.9 Å². The van der Waals surface area contributed by atoms with Crippen molar-refractivity contribution >= 4 is 34.5 Å². The molecule has 0 heterocycles. The molecule has 7 heteroatoms. The molecule has 0 aromatic heterocycles. The number of carboxylic acid groups (broad SMARTS) is 1. The molecular formula is C13H13F2IO4. The molecule has 1 aromatic rings. The first-order chi connectivity index (χ1) is 9.16. The minimum absolute atomic E-state index is 0.0947. The number of rotatable bonds is 5. The molecule has 1 unspecified atom stereocenters. The van der Waals surface area contributed by atoms with Gasteiger partial charge in [0.1, 0.15) is 0 Å². The van der Waals surface area contributed by atoms with Crippen LogP contribution < -0.4 is 0 Å². The van der Waals surface area contributed by atoms with E-state index in [0.29, 0.717) is 0 Å². The Morgan fingerprint density at radius 3 is 2.15 bits per heavy atom. The van der Waals surface area contributed by atoms with Crippen LogP contribution in [0.15, 0.2) is 24.3 Å². The number of aliphatic carboxylic acids is 1. The van der Waals surface area contributed by atoms with Crippen molar-refractivity contribution in [3.05, 3.63) is 33.4 Å². The SMILES string of the molecule is CC(C)C(OC(=O)c1ccc(I)cc1)C(F)(F)C(=O)O. The minimum atomic E-state index is -4.13. The topological polar surface area (TPSA) is 63.6 Å². The fourth-order valence-corrected chi connectivity index (χ4v) is 1.88. The molecule has 0 amide bonds. The Bertz CT molecular complexity index is 500. The Kier molecular flexibility index (Phi) is 5.43. The lowest BCUT2D eigenvalue weighted by Gasteiger charge is -2.26. The van der Waals surface area contributed by atoms with E-state index in [9.17, 15) is 18.4 Å². The van der Waals surface area contributed by atoms with Gasteiger partial charge in [0.25, 0.3) is 0 Å². The number of esters is 1. The molecule has 0 aliphatic rings. The van der Waals surface area contributed by atoms with Gasteiger partial charge in [0.15, 0.2) is 6.10 Å². The zero-order chi connectivity index (χ0) is 15.5. The highest BCUT2D eigenvalue weighted by Gasteiger charge is 2.51. The molecule has 0 saturated carbocycles. The summed E-state index contributed by atoms with van der Waals surface area (Å²) in [6.07, 6.45) is -2.02. The van der Waals surface area contributed by atoms with Crippen molar-refractivity contribution in [1.82, 2.24) is 0 Å². The van der Waals surface area contributed by atoms with E-state index in [1.165, 1.54) is 26.0 Å². The smallest absolute Gasteiger partial charge is 0.378 e. The molecule has 0 aliphatic heterocycles. The van der Waals surface area contributed by atoms with Crippen LogP contribution in [0, 0.1) is 9.49 Å². The fourth-order valence-electron chi connectivity index (χ4n) is 1.52. The second kappa shape index (κ2) is 6.47. The number of hydrogen-bond acceptors (Lipinski definition) is 3. The number of hydrogen-bond donors (Lipinski definition) is 1. The molecule has 20 heavy (non-hydrogen) atoms. The molecule has 1 atom stereocenters. The molecule has 0 radical (unpaired) electrons. The van der Waals surface area contributed by atoms with Gasteiger partial charge in [-0.3, -0.25) is 0 Å². The van der Waals surface area contributed by atoms with E-state index < -0.39 is 29.9 Å². The lowest BCUT2D eigenvalue weighted by atomic mass is 10.0. The van der Waals surface area contributed by atoms with Gasteiger partial charge in [-0.25, -0.2) is 9.59 Å². The van der Waals surface area contributed by atoms with Crippen LogP contribution in [0.1, 0.15) is 24.2 Å². The van der Waals surface area contributed by atoms with E-state index in [-0.39, 0.29) is 5.56 Å². The Morgan fingerprint density at radius 2 is 1.75 bits per heavy atom. The summed E-state index contributed by atoms with van der Waals surface area (Å²) in [5.41, 5.74) is 0.0947. The van der Waals surface area contributed by atoms with Crippen molar-refractivity contribution in [3.63, 3.8) is 0 Å². The van der Waals surface area contributed by atoms with Gasteiger partial charge in [-0.1, -0.05) is 13.8 Å². The number of carbonyl (C=O) groups is 2. The molecule has 0 aliphatic carbocycles. The summed E-state index contributed by atoms with van der Waals surface area (Å²) in [5.74, 6) is -8.26. The number of carboxylic acids is 1. The molecule has 0 saturated heterocycles. The van der Waals surface area contributed by atoms with E-state index in [4.69, 9.17) is 9.84 Å². The standard InChI is InChI=1S/C13H13F2IO4/c1-7(2)10(13(14,15)12(18)19)20-11(17)8-3-5-9(16)6-4-8/h3-7,10H,1-2H3,(H,18,19). The predicted octanol–water partition coefficient (Wildman–Crippen LogP) is 3.19. The van der Waals surface area contributed by atoms with Crippen LogP contribution in [0.4, 0.5) is 8.78 Å². The molecule has 4 nitrogen and oxygen atoms in total. The van der Waals surface area contributed by atoms with Crippen molar-refractivity contribution in [3.8, 4) is 0 Å². The van der Waals surface area contributed by atoms with Crippen molar-refractivity contribution in [1.29, 1.82) is 0 Å². The highest BCUT2D eigenvalue weighted by atomic mass is 127. The van der Waals surface area contributed by atoms with Crippen molar-refractivity contribution in [2.75, 3.05) is 0 Å². The maximum absolute atomic E-state index is 13.5. The van der Waals surface area contributed by atoms with Gasteiger partial charge in [0.2, 0.25) is 0 Å². The van der Waals surface area contributed by atoms with Crippen LogP contribution in [-0.2, 0) is 9.53 Å². The maximum Gasteiger partial charge on any atom is 0.378 e. The lowest BCUT2D eigenvalue weighted by Crippen LogP contribution is -2.47. The quantitative estimate of drug-likeness (QED) is 0.612. The lowest BCUT2D eigenvalue weighted by molar-refractivity contribution is -0.187. The summed E-state index contributed by atoms with van der Waals surface area (Å²) in [7, 11) is 0. The molecule has 110 valence electrons. The number of carbonyl (C=O) groups excluding carboxylic acids is 1. The summed E-state index contributed by atoms with van der Waals surface area (Å²) < 4.78 is 32.6. The summed E-state index contributed by atoms with van der Waals surface area (Å²) in [5, 5.41) is 8.54. The monoisotopic (exact) mass is 398 g/mol. The minimum Gasteiger partial charge on any atom is -0.477 e. The highest BCUT2D eigenvalue weighted by Crippen LogP contribution is 2.28. The van der Waals surface area contributed by atoms with Crippen LogP contribution in [0.5, 0.6) is 0 Å². The fraction of sp³-hybridized carbons (Fsp3) is 0.385. The molecule has 1 aromatic carbocycles. The third kappa shape index (κ3) is 3.87. The summed E-state index contributed by atoms with van der Waals surface area (Å²) in [6, 6.07) is 6.11.